The van der Waals surface area contributed by atoms with Crippen LogP contribution in [0.15, 0.2) is 54.6 Å². The topological polar surface area (TPSA) is 60.4 Å². The third-order valence-electron chi connectivity index (χ3n) is 5.83. The minimum absolute atomic E-state index is 0.00245. The molecule has 0 aliphatic heterocycles. The molecule has 4 aliphatic rings. The van der Waals surface area contributed by atoms with Crippen molar-refractivity contribution in [1.29, 1.82) is 0 Å². The van der Waals surface area contributed by atoms with E-state index >= 15 is 0 Å². The Morgan fingerprint density at radius 2 is 1.35 bits per heavy atom. The van der Waals surface area contributed by atoms with Gasteiger partial charge in [-0.15, -0.1) is 0 Å². The van der Waals surface area contributed by atoms with E-state index in [4.69, 9.17) is 4.74 Å². The summed E-state index contributed by atoms with van der Waals surface area (Å²) in [7, 11) is 0. The molecule has 4 atom stereocenters. The summed E-state index contributed by atoms with van der Waals surface area (Å²) in [6.07, 6.45) is 2.85. The lowest BCUT2D eigenvalue weighted by molar-refractivity contribution is -0.132. The van der Waals surface area contributed by atoms with Gasteiger partial charge >= 0.3 is 5.97 Å². The predicted octanol–water partition coefficient (Wildman–Crippen LogP) is 3.14. The van der Waals surface area contributed by atoms with Crippen molar-refractivity contribution in [3.63, 3.8) is 0 Å². The molecule has 6 rings (SSSR count). The summed E-state index contributed by atoms with van der Waals surface area (Å²) in [6.45, 7) is 1.37. The molecule has 128 valence electrons. The molecule has 0 aromatic heterocycles. The van der Waals surface area contributed by atoms with E-state index in [9.17, 15) is 14.4 Å². The maximum absolute atomic E-state index is 12.7. The predicted molar refractivity (Wildman–Crippen MR) is 94.0 cm³/mol. The number of ketones is 2. The third kappa shape index (κ3) is 1.93. The zero-order valence-corrected chi connectivity index (χ0v) is 14.1. The molecule has 0 N–H and O–H groups in total. The van der Waals surface area contributed by atoms with Gasteiger partial charge in [0.2, 0.25) is 0 Å². The van der Waals surface area contributed by atoms with Crippen LogP contribution in [0, 0.1) is 11.8 Å². The number of benzene rings is 2. The highest BCUT2D eigenvalue weighted by molar-refractivity contribution is 6.09. The fraction of sp³-hybridized carbons (Fsp3) is 0.227. The van der Waals surface area contributed by atoms with Crippen molar-refractivity contribution in [2.75, 3.05) is 0 Å². The normalized spacial score (nSPS) is 27.6. The van der Waals surface area contributed by atoms with E-state index in [1.54, 1.807) is 6.07 Å². The van der Waals surface area contributed by atoms with E-state index in [-0.39, 0.29) is 41.2 Å². The molecular weight excluding hydrogens is 328 g/mol. The van der Waals surface area contributed by atoms with E-state index in [0.717, 1.165) is 22.3 Å². The molecule has 4 aliphatic carbocycles. The van der Waals surface area contributed by atoms with Crippen molar-refractivity contribution in [3.8, 4) is 5.75 Å². The molecule has 0 fully saturated rings. The smallest absolute Gasteiger partial charge is 0.308 e. The van der Waals surface area contributed by atoms with Crippen LogP contribution in [0.5, 0.6) is 5.75 Å². The van der Waals surface area contributed by atoms with E-state index in [1.807, 2.05) is 30.3 Å². The standard InChI is InChI=1S/C22H16O4/c1-11(23)26-12-6-7-15-16(10-12)20-14-5-3-2-4-13(14)19(15)21-17(24)8-9-18(25)22(20)21/h2-10,19-22H,1H3. The molecular formula is C22H16O4. The zero-order chi connectivity index (χ0) is 18.0. The first-order valence-corrected chi connectivity index (χ1v) is 8.73. The lowest BCUT2D eigenvalue weighted by atomic mass is 9.51. The number of carbonyl (C=O) groups excluding carboxylic acids is 3. The summed E-state index contributed by atoms with van der Waals surface area (Å²) in [4.78, 5) is 36.7. The Labute approximate surface area is 150 Å². The van der Waals surface area contributed by atoms with Crippen LogP contribution in [0.1, 0.15) is 41.0 Å². The van der Waals surface area contributed by atoms with Crippen LogP contribution < -0.4 is 4.74 Å². The van der Waals surface area contributed by atoms with Crippen molar-refractivity contribution in [2.45, 2.75) is 18.8 Å². The molecule has 26 heavy (non-hydrogen) atoms. The molecule has 4 unspecified atom stereocenters. The second kappa shape index (κ2) is 5.24. The highest BCUT2D eigenvalue weighted by atomic mass is 16.5. The van der Waals surface area contributed by atoms with Crippen molar-refractivity contribution in [1.82, 2.24) is 0 Å². The first kappa shape index (κ1) is 15.3. The minimum atomic E-state index is -0.382. The first-order chi connectivity index (χ1) is 12.6. The Kier molecular flexibility index (Phi) is 3.08. The van der Waals surface area contributed by atoms with Gasteiger partial charge in [0.25, 0.3) is 0 Å². The quantitative estimate of drug-likeness (QED) is 0.589. The Morgan fingerprint density at radius 1 is 0.808 bits per heavy atom. The van der Waals surface area contributed by atoms with Crippen LogP contribution in [0.25, 0.3) is 0 Å². The second-order valence-corrected chi connectivity index (χ2v) is 7.16. The SMILES string of the molecule is CC(=O)Oc1ccc2c(c1)C1c3ccccc3C2C2C(=O)C=CC(=O)C12. The molecule has 2 bridgehead atoms. The molecule has 0 radical (unpaired) electrons. The van der Waals surface area contributed by atoms with Gasteiger partial charge in [-0.1, -0.05) is 30.3 Å². The largest absolute Gasteiger partial charge is 0.427 e. The van der Waals surface area contributed by atoms with Gasteiger partial charge in [0.15, 0.2) is 11.6 Å². The monoisotopic (exact) mass is 344 g/mol. The highest BCUT2D eigenvalue weighted by Gasteiger charge is 2.55. The summed E-state index contributed by atoms with van der Waals surface area (Å²) in [6, 6.07) is 13.6. The summed E-state index contributed by atoms with van der Waals surface area (Å²) >= 11 is 0. The number of esters is 1. The van der Waals surface area contributed by atoms with E-state index in [2.05, 4.69) is 6.07 Å². The second-order valence-electron chi connectivity index (χ2n) is 7.16. The summed E-state index contributed by atoms with van der Waals surface area (Å²) in [5, 5.41) is 0. The van der Waals surface area contributed by atoms with Gasteiger partial charge < -0.3 is 4.74 Å². The van der Waals surface area contributed by atoms with Crippen molar-refractivity contribution in [2.24, 2.45) is 11.8 Å². The number of rotatable bonds is 1. The molecule has 4 heteroatoms. The summed E-state index contributed by atoms with van der Waals surface area (Å²) < 4.78 is 5.26. The van der Waals surface area contributed by atoms with Crippen LogP contribution in [-0.2, 0) is 14.4 Å². The van der Waals surface area contributed by atoms with Gasteiger partial charge in [0.05, 0.1) is 0 Å². The fourth-order valence-electron chi connectivity index (χ4n) is 5.00. The summed E-state index contributed by atoms with van der Waals surface area (Å²) in [5.74, 6) is -0.931. The average molecular weight is 344 g/mol. The third-order valence-corrected chi connectivity index (χ3v) is 5.83. The number of hydrogen-bond donors (Lipinski definition) is 0. The molecule has 0 saturated carbocycles. The van der Waals surface area contributed by atoms with Gasteiger partial charge in [-0.25, -0.2) is 0 Å². The number of hydrogen-bond acceptors (Lipinski definition) is 4. The summed E-state index contributed by atoms with van der Waals surface area (Å²) in [5.41, 5.74) is 4.28. The van der Waals surface area contributed by atoms with E-state index in [0.29, 0.717) is 5.75 Å². The fourth-order valence-corrected chi connectivity index (χ4v) is 5.00. The molecule has 0 spiro atoms. The molecule has 0 saturated heterocycles. The Bertz CT molecular complexity index is 1020. The molecule has 0 heterocycles. The Balaban J connectivity index is 1.77. The minimum Gasteiger partial charge on any atom is -0.427 e. The van der Waals surface area contributed by atoms with Crippen LogP contribution in [0.4, 0.5) is 0 Å². The van der Waals surface area contributed by atoms with Crippen LogP contribution in [-0.4, -0.2) is 17.5 Å². The number of carbonyl (C=O) groups is 3. The van der Waals surface area contributed by atoms with Gasteiger partial charge in [-0.2, -0.15) is 0 Å². The van der Waals surface area contributed by atoms with Crippen molar-refractivity contribution < 1.29 is 19.1 Å². The van der Waals surface area contributed by atoms with Crippen LogP contribution in [0.3, 0.4) is 0 Å². The maximum Gasteiger partial charge on any atom is 0.308 e. The van der Waals surface area contributed by atoms with Crippen LogP contribution >= 0.6 is 0 Å². The molecule has 2 aromatic carbocycles. The molecule has 0 amide bonds. The number of ether oxygens (including phenoxy) is 1. The lowest BCUT2D eigenvalue weighted by Crippen LogP contribution is -2.47. The first-order valence-electron chi connectivity index (χ1n) is 8.73. The highest BCUT2D eigenvalue weighted by Crippen LogP contribution is 2.60. The van der Waals surface area contributed by atoms with E-state index < -0.39 is 0 Å². The van der Waals surface area contributed by atoms with Gasteiger partial charge in [0.1, 0.15) is 5.75 Å². The molecule has 2 aromatic rings. The molecule has 4 nitrogen and oxygen atoms in total. The number of allylic oxidation sites excluding steroid dienone is 2. The Morgan fingerprint density at radius 3 is 1.92 bits per heavy atom. The van der Waals surface area contributed by atoms with Crippen molar-refractivity contribution in [3.05, 3.63) is 76.9 Å². The van der Waals surface area contributed by atoms with Crippen molar-refractivity contribution >= 4 is 17.5 Å². The van der Waals surface area contributed by atoms with Gasteiger partial charge in [-0.05, 0) is 46.5 Å². The lowest BCUT2D eigenvalue weighted by Gasteiger charge is -2.50. The van der Waals surface area contributed by atoms with Crippen LogP contribution in [0.2, 0.25) is 0 Å². The van der Waals surface area contributed by atoms with Gasteiger partial charge in [-0.3, -0.25) is 14.4 Å². The Hall–Kier alpha value is -3.01. The maximum atomic E-state index is 12.7. The van der Waals surface area contributed by atoms with E-state index in [1.165, 1.54) is 19.1 Å². The zero-order valence-electron chi connectivity index (χ0n) is 14.1. The van der Waals surface area contributed by atoms with Gasteiger partial charge in [0, 0.05) is 30.6 Å². The average Bonchev–Trinajstić information content (AvgIpc) is 2.63.